The van der Waals surface area contributed by atoms with E-state index in [1.807, 2.05) is 6.07 Å². The second-order valence-corrected chi connectivity index (χ2v) is 4.38. The quantitative estimate of drug-likeness (QED) is 0.685. The van der Waals surface area contributed by atoms with E-state index in [0.29, 0.717) is 5.92 Å². The van der Waals surface area contributed by atoms with Gasteiger partial charge in [0.15, 0.2) is 0 Å². The summed E-state index contributed by atoms with van der Waals surface area (Å²) in [6.07, 6.45) is 8.52. The van der Waals surface area contributed by atoms with Gasteiger partial charge in [0.1, 0.15) is 5.01 Å². The van der Waals surface area contributed by atoms with Gasteiger partial charge in [0.05, 0.1) is 10.2 Å². The van der Waals surface area contributed by atoms with Crippen LogP contribution in [0.3, 0.4) is 0 Å². The highest BCUT2D eigenvalue weighted by atomic mass is 32.1. The third-order valence-corrected chi connectivity index (χ3v) is 3.48. The number of allylic oxidation sites excluding steroid dienone is 4. The number of fused-ring (bicyclic) bond motifs is 1. The van der Waals surface area contributed by atoms with E-state index >= 15 is 0 Å². The molecule has 0 amide bonds. The summed E-state index contributed by atoms with van der Waals surface area (Å²) < 4.78 is 1.27. The average Bonchev–Trinajstić information content (AvgIpc) is 2.86. The molecule has 0 aliphatic heterocycles. The summed E-state index contributed by atoms with van der Waals surface area (Å²) in [5.41, 5.74) is 1.11. The van der Waals surface area contributed by atoms with Crippen LogP contribution in [-0.2, 0) is 0 Å². The maximum atomic E-state index is 4.61. The fraction of sp³-hybridized carbons (Fsp3) is 0.0833. The first-order chi connectivity index (χ1) is 6.93. The SMILES string of the molecule is C1=CC(c2nc3ccccc3s2)C=C1. The summed E-state index contributed by atoms with van der Waals surface area (Å²) >= 11 is 1.78. The predicted molar refractivity (Wildman–Crippen MR) is 60.6 cm³/mol. The van der Waals surface area contributed by atoms with Gasteiger partial charge in [-0.3, -0.25) is 0 Å². The maximum Gasteiger partial charge on any atom is 0.105 e. The van der Waals surface area contributed by atoms with Gasteiger partial charge in [-0.25, -0.2) is 4.98 Å². The van der Waals surface area contributed by atoms with Gasteiger partial charge in [-0.2, -0.15) is 0 Å². The Hall–Kier alpha value is -1.41. The van der Waals surface area contributed by atoms with Gasteiger partial charge in [-0.15, -0.1) is 11.3 Å². The van der Waals surface area contributed by atoms with Crippen LogP contribution in [0.25, 0.3) is 10.2 Å². The molecular weight excluding hydrogens is 190 g/mol. The minimum atomic E-state index is 0.396. The molecule has 14 heavy (non-hydrogen) atoms. The highest BCUT2D eigenvalue weighted by molar-refractivity contribution is 7.18. The first-order valence-corrected chi connectivity index (χ1v) is 5.45. The number of hydrogen-bond acceptors (Lipinski definition) is 2. The normalized spacial score (nSPS) is 15.7. The zero-order valence-electron chi connectivity index (χ0n) is 7.55. The molecule has 68 valence electrons. The molecule has 1 aromatic carbocycles. The second kappa shape index (κ2) is 3.07. The molecule has 0 radical (unpaired) electrons. The molecule has 1 heterocycles. The van der Waals surface area contributed by atoms with Gasteiger partial charge in [0, 0.05) is 5.92 Å². The molecule has 1 nitrogen and oxygen atoms in total. The van der Waals surface area contributed by atoms with Gasteiger partial charge in [-0.1, -0.05) is 36.4 Å². The van der Waals surface area contributed by atoms with Crippen molar-refractivity contribution in [2.45, 2.75) is 5.92 Å². The van der Waals surface area contributed by atoms with Gasteiger partial charge in [0.2, 0.25) is 0 Å². The molecule has 0 fully saturated rings. The van der Waals surface area contributed by atoms with E-state index in [0.717, 1.165) is 5.52 Å². The van der Waals surface area contributed by atoms with E-state index in [1.165, 1.54) is 9.71 Å². The molecule has 1 aromatic heterocycles. The number of aromatic nitrogens is 1. The van der Waals surface area contributed by atoms with Crippen LogP contribution < -0.4 is 0 Å². The van der Waals surface area contributed by atoms with Gasteiger partial charge >= 0.3 is 0 Å². The van der Waals surface area contributed by atoms with Crippen LogP contribution in [0.15, 0.2) is 48.6 Å². The summed E-state index contributed by atoms with van der Waals surface area (Å²) in [5, 5.41) is 1.19. The Morgan fingerprint density at radius 3 is 2.64 bits per heavy atom. The molecule has 1 aliphatic rings. The summed E-state index contributed by atoms with van der Waals surface area (Å²) in [6.45, 7) is 0. The molecule has 2 aromatic rings. The van der Waals surface area contributed by atoms with Crippen LogP contribution in [0.2, 0.25) is 0 Å². The molecule has 0 unspecified atom stereocenters. The largest absolute Gasteiger partial charge is 0.240 e. The van der Waals surface area contributed by atoms with Crippen molar-refractivity contribution in [3.05, 3.63) is 53.6 Å². The predicted octanol–water partition coefficient (Wildman–Crippen LogP) is 3.51. The first kappa shape index (κ1) is 7.94. The highest BCUT2D eigenvalue weighted by Crippen LogP contribution is 2.30. The van der Waals surface area contributed by atoms with Crippen LogP contribution in [0, 0.1) is 0 Å². The molecule has 0 bridgehead atoms. The monoisotopic (exact) mass is 199 g/mol. The van der Waals surface area contributed by atoms with Gasteiger partial charge in [-0.05, 0) is 12.1 Å². The van der Waals surface area contributed by atoms with Crippen molar-refractivity contribution in [2.24, 2.45) is 0 Å². The third-order valence-electron chi connectivity index (χ3n) is 2.34. The molecule has 0 N–H and O–H groups in total. The average molecular weight is 199 g/mol. The lowest BCUT2D eigenvalue weighted by Crippen LogP contribution is -1.85. The lowest BCUT2D eigenvalue weighted by molar-refractivity contribution is 1.07. The molecule has 0 saturated heterocycles. The van der Waals surface area contributed by atoms with Crippen molar-refractivity contribution in [1.29, 1.82) is 0 Å². The van der Waals surface area contributed by atoms with E-state index in [1.54, 1.807) is 11.3 Å². The lowest BCUT2D eigenvalue weighted by atomic mass is 10.2. The van der Waals surface area contributed by atoms with E-state index < -0.39 is 0 Å². The Morgan fingerprint density at radius 2 is 1.86 bits per heavy atom. The number of benzene rings is 1. The molecule has 0 spiro atoms. The van der Waals surface area contributed by atoms with E-state index in [-0.39, 0.29) is 0 Å². The first-order valence-electron chi connectivity index (χ1n) is 4.64. The van der Waals surface area contributed by atoms with Crippen LogP contribution >= 0.6 is 11.3 Å². The Labute approximate surface area is 86.4 Å². The molecule has 0 saturated carbocycles. The maximum absolute atomic E-state index is 4.61. The minimum absolute atomic E-state index is 0.396. The minimum Gasteiger partial charge on any atom is -0.240 e. The van der Waals surface area contributed by atoms with Crippen molar-refractivity contribution in [1.82, 2.24) is 4.98 Å². The van der Waals surface area contributed by atoms with Crippen molar-refractivity contribution >= 4 is 21.6 Å². The Morgan fingerprint density at radius 1 is 1.07 bits per heavy atom. The lowest BCUT2D eigenvalue weighted by Gasteiger charge is -1.96. The number of rotatable bonds is 1. The summed E-state index contributed by atoms with van der Waals surface area (Å²) in [6, 6.07) is 8.29. The van der Waals surface area contributed by atoms with Crippen LogP contribution in [-0.4, -0.2) is 4.98 Å². The van der Waals surface area contributed by atoms with E-state index in [2.05, 4.69) is 47.5 Å². The van der Waals surface area contributed by atoms with E-state index in [9.17, 15) is 0 Å². The topological polar surface area (TPSA) is 12.9 Å². The van der Waals surface area contributed by atoms with Crippen molar-refractivity contribution in [2.75, 3.05) is 0 Å². The Balaban J connectivity index is 2.14. The molecular formula is C12H9NS. The van der Waals surface area contributed by atoms with Crippen molar-refractivity contribution in [3.8, 4) is 0 Å². The van der Waals surface area contributed by atoms with Crippen molar-refractivity contribution < 1.29 is 0 Å². The fourth-order valence-corrected chi connectivity index (χ4v) is 2.66. The molecule has 3 rings (SSSR count). The van der Waals surface area contributed by atoms with Crippen LogP contribution in [0.1, 0.15) is 10.9 Å². The second-order valence-electron chi connectivity index (χ2n) is 3.32. The summed E-state index contributed by atoms with van der Waals surface area (Å²) in [4.78, 5) is 4.61. The molecule has 1 aliphatic carbocycles. The standard InChI is InChI=1S/C12H9NS/c1-2-6-9(5-1)12-13-10-7-3-4-8-11(10)14-12/h1-9H. The third kappa shape index (κ3) is 1.19. The number of thiazole rings is 1. The fourth-order valence-electron chi connectivity index (χ4n) is 1.63. The van der Waals surface area contributed by atoms with Crippen LogP contribution in [0.4, 0.5) is 0 Å². The van der Waals surface area contributed by atoms with Gasteiger partial charge in [0.25, 0.3) is 0 Å². The number of nitrogens with zero attached hydrogens (tertiary/aromatic N) is 1. The molecule has 2 heteroatoms. The number of hydrogen-bond donors (Lipinski definition) is 0. The summed E-state index contributed by atoms with van der Waals surface area (Å²) in [5.74, 6) is 0.396. The Kier molecular flexibility index (Phi) is 1.74. The van der Waals surface area contributed by atoms with Crippen molar-refractivity contribution in [3.63, 3.8) is 0 Å². The van der Waals surface area contributed by atoms with Gasteiger partial charge < -0.3 is 0 Å². The van der Waals surface area contributed by atoms with E-state index in [4.69, 9.17) is 0 Å². The zero-order chi connectivity index (χ0) is 9.38. The highest BCUT2D eigenvalue weighted by Gasteiger charge is 2.11. The Bertz CT molecular complexity index is 477. The van der Waals surface area contributed by atoms with Crippen LogP contribution in [0.5, 0.6) is 0 Å². The smallest absolute Gasteiger partial charge is 0.105 e. The number of para-hydroxylation sites is 1. The summed E-state index contributed by atoms with van der Waals surface area (Å²) in [7, 11) is 0. The zero-order valence-corrected chi connectivity index (χ0v) is 8.37. The molecule has 0 atom stereocenters.